The maximum atomic E-state index is 15.0. The first-order chi connectivity index (χ1) is 18.4. The first-order valence-electron chi connectivity index (χ1n) is 14.0. The summed E-state index contributed by atoms with van der Waals surface area (Å²) < 4.78 is 41.9. The highest BCUT2D eigenvalue weighted by Crippen LogP contribution is 2.41. The van der Waals surface area contributed by atoms with Gasteiger partial charge in [0.1, 0.15) is 18.6 Å². The summed E-state index contributed by atoms with van der Waals surface area (Å²) in [5.41, 5.74) is 8.89. The van der Waals surface area contributed by atoms with Crippen LogP contribution in [0.25, 0.3) is 0 Å². The Morgan fingerprint density at radius 2 is 2.03 bits per heavy atom. The summed E-state index contributed by atoms with van der Waals surface area (Å²) in [5, 5.41) is 3.68. The van der Waals surface area contributed by atoms with E-state index < -0.39 is 18.1 Å². The van der Waals surface area contributed by atoms with Gasteiger partial charge in [-0.15, -0.1) is 0 Å². The molecule has 7 rings (SSSR count). The molecule has 8 nitrogen and oxygen atoms in total. The second-order valence-corrected chi connectivity index (χ2v) is 11.9. The Kier molecular flexibility index (Phi) is 5.97. The maximum absolute atomic E-state index is 15.0. The molecule has 3 N–H and O–H groups in total. The van der Waals surface area contributed by atoms with Crippen molar-refractivity contribution in [2.75, 3.05) is 43.4 Å². The first kappa shape index (κ1) is 24.5. The molecule has 1 aromatic heterocycles. The number of halogens is 2. The van der Waals surface area contributed by atoms with Gasteiger partial charge in [0.05, 0.1) is 29.6 Å². The summed E-state index contributed by atoms with van der Waals surface area (Å²) in [7, 11) is 0. The molecule has 5 aliphatic rings. The number of alkyl halides is 1. The molecule has 6 heterocycles. The molecule has 0 amide bonds. The highest BCUT2D eigenvalue weighted by atomic mass is 19.1. The number of hydrogen-bond acceptors (Lipinski definition) is 8. The Bertz CT molecular complexity index is 1230. The predicted molar refractivity (Wildman–Crippen MR) is 140 cm³/mol. The summed E-state index contributed by atoms with van der Waals surface area (Å²) in [6.07, 6.45) is 3.90. The number of piperazine rings is 1. The minimum Gasteiger partial charge on any atom is -0.461 e. The molecular weight excluding hydrogens is 490 g/mol. The number of aryl methyl sites for hydroxylation is 1. The van der Waals surface area contributed by atoms with Gasteiger partial charge < -0.3 is 25.4 Å². The number of ether oxygens (including phenoxy) is 2. The van der Waals surface area contributed by atoms with E-state index in [0.29, 0.717) is 56.3 Å². The minimum atomic E-state index is -0.815. The van der Waals surface area contributed by atoms with Crippen molar-refractivity contribution in [3.05, 3.63) is 40.3 Å². The SMILES string of the molecule is Cc1cc(N)c(F)c([C@H]2Cc3nc(OC[C@@]45CCCN4C[C@H](F)C5)nc(N4CC5CCC(C4)N5)c3CO2)c1. The lowest BCUT2D eigenvalue weighted by atomic mass is 9.95. The fraction of sp³-hybridized carbons (Fsp3) is 0.643. The van der Waals surface area contributed by atoms with Crippen LogP contribution in [-0.4, -0.2) is 71.4 Å². The lowest BCUT2D eigenvalue weighted by molar-refractivity contribution is 0.0232. The summed E-state index contributed by atoms with van der Waals surface area (Å²) in [5.74, 6) is 0.414. The number of rotatable bonds is 5. The van der Waals surface area contributed by atoms with Crippen molar-refractivity contribution in [3.8, 4) is 6.01 Å². The molecule has 5 atom stereocenters. The summed E-state index contributed by atoms with van der Waals surface area (Å²) in [4.78, 5) is 14.3. The fourth-order valence-electron chi connectivity index (χ4n) is 7.43. The molecule has 10 heteroatoms. The topological polar surface area (TPSA) is 88.8 Å². The molecule has 1 aromatic carbocycles. The molecule has 0 radical (unpaired) electrons. The number of hydrogen-bond donors (Lipinski definition) is 2. The Morgan fingerprint density at radius 3 is 2.84 bits per heavy atom. The van der Waals surface area contributed by atoms with Gasteiger partial charge in [0.15, 0.2) is 5.82 Å². The van der Waals surface area contributed by atoms with Crippen LogP contribution in [0.3, 0.4) is 0 Å². The minimum absolute atomic E-state index is 0.126. The van der Waals surface area contributed by atoms with Crippen LogP contribution in [0.5, 0.6) is 6.01 Å². The number of aromatic nitrogens is 2. The average Bonchev–Trinajstić information content (AvgIpc) is 3.54. The Hall–Kier alpha value is -2.56. The summed E-state index contributed by atoms with van der Waals surface area (Å²) in [6.45, 7) is 5.70. The molecule has 38 heavy (non-hydrogen) atoms. The molecule has 2 bridgehead atoms. The van der Waals surface area contributed by atoms with Gasteiger partial charge in [0.2, 0.25) is 0 Å². The first-order valence-corrected chi connectivity index (χ1v) is 14.0. The van der Waals surface area contributed by atoms with Gasteiger partial charge in [0, 0.05) is 55.7 Å². The van der Waals surface area contributed by atoms with Gasteiger partial charge in [-0.2, -0.15) is 9.97 Å². The number of anilines is 2. The van der Waals surface area contributed by atoms with Crippen molar-refractivity contribution in [3.63, 3.8) is 0 Å². The van der Waals surface area contributed by atoms with E-state index in [1.807, 2.05) is 6.92 Å². The lowest BCUT2D eigenvalue weighted by Gasteiger charge is -2.37. The molecule has 4 saturated heterocycles. The number of fused-ring (bicyclic) bond motifs is 4. The van der Waals surface area contributed by atoms with Crippen molar-refractivity contribution in [2.24, 2.45) is 0 Å². The summed E-state index contributed by atoms with van der Waals surface area (Å²) >= 11 is 0. The van der Waals surface area contributed by atoms with Gasteiger partial charge in [-0.1, -0.05) is 6.07 Å². The van der Waals surface area contributed by atoms with Crippen molar-refractivity contribution >= 4 is 11.5 Å². The second-order valence-electron chi connectivity index (χ2n) is 11.9. The number of nitrogen functional groups attached to an aromatic ring is 1. The van der Waals surface area contributed by atoms with E-state index in [0.717, 1.165) is 68.0 Å². The smallest absolute Gasteiger partial charge is 0.318 e. The molecule has 204 valence electrons. The normalized spacial score (nSPS) is 32.4. The van der Waals surface area contributed by atoms with E-state index in [9.17, 15) is 4.39 Å². The van der Waals surface area contributed by atoms with E-state index >= 15 is 4.39 Å². The number of nitrogens with one attached hydrogen (secondary N) is 1. The zero-order valence-electron chi connectivity index (χ0n) is 21.9. The van der Waals surface area contributed by atoms with Crippen LogP contribution >= 0.6 is 0 Å². The maximum Gasteiger partial charge on any atom is 0.318 e. The number of nitrogens with zero attached hydrogens (tertiary/aromatic N) is 4. The Labute approximate surface area is 221 Å². The van der Waals surface area contributed by atoms with Crippen LogP contribution in [-0.2, 0) is 17.8 Å². The highest BCUT2D eigenvalue weighted by Gasteiger charge is 2.49. The van der Waals surface area contributed by atoms with Crippen molar-refractivity contribution in [1.82, 2.24) is 20.2 Å². The van der Waals surface area contributed by atoms with Gasteiger partial charge in [0.25, 0.3) is 0 Å². The lowest BCUT2D eigenvalue weighted by Crippen LogP contribution is -2.52. The average molecular weight is 527 g/mol. The fourth-order valence-corrected chi connectivity index (χ4v) is 7.43. The standard InChI is InChI=1S/C28H36F2N6O2/c1-16-7-20(25(30)22(31)8-16)24-9-23-21(14-37-24)26(35-12-18-3-4-19(13-35)32-18)34-27(33-23)38-15-28-5-2-6-36(28)11-17(29)10-28/h7-8,17-19,24,32H,2-6,9-15,31H2,1H3/t17-,18?,19?,24-,28+/m1/s1. The molecule has 0 spiro atoms. The Balaban J connectivity index is 1.21. The number of benzene rings is 1. The second kappa shape index (κ2) is 9.27. The van der Waals surface area contributed by atoms with Crippen LogP contribution < -0.4 is 20.7 Å². The van der Waals surface area contributed by atoms with Crippen LogP contribution in [0.4, 0.5) is 20.3 Å². The monoisotopic (exact) mass is 526 g/mol. The number of nitrogens with two attached hydrogens (primary N) is 1. The van der Waals surface area contributed by atoms with Crippen LogP contribution in [0, 0.1) is 12.7 Å². The van der Waals surface area contributed by atoms with Gasteiger partial charge in [-0.25, -0.2) is 8.78 Å². The quantitative estimate of drug-likeness (QED) is 0.575. The van der Waals surface area contributed by atoms with Crippen molar-refractivity contribution in [1.29, 1.82) is 0 Å². The van der Waals surface area contributed by atoms with Gasteiger partial charge in [-0.05, 0) is 50.8 Å². The van der Waals surface area contributed by atoms with Crippen molar-refractivity contribution in [2.45, 2.75) is 82.0 Å². The van der Waals surface area contributed by atoms with E-state index in [1.165, 1.54) is 0 Å². The van der Waals surface area contributed by atoms with Crippen LogP contribution in [0.2, 0.25) is 0 Å². The molecule has 2 unspecified atom stereocenters. The third-order valence-electron chi connectivity index (χ3n) is 9.23. The van der Waals surface area contributed by atoms with E-state index in [2.05, 4.69) is 15.1 Å². The third kappa shape index (κ3) is 4.21. The van der Waals surface area contributed by atoms with Gasteiger partial charge >= 0.3 is 6.01 Å². The highest BCUT2D eigenvalue weighted by molar-refractivity contribution is 5.53. The van der Waals surface area contributed by atoms with Crippen LogP contribution in [0.15, 0.2) is 12.1 Å². The zero-order valence-corrected chi connectivity index (χ0v) is 21.9. The Morgan fingerprint density at radius 1 is 1.21 bits per heavy atom. The van der Waals surface area contributed by atoms with Crippen LogP contribution in [0.1, 0.15) is 60.6 Å². The van der Waals surface area contributed by atoms with E-state index in [-0.39, 0.29) is 11.2 Å². The van der Waals surface area contributed by atoms with Crippen molar-refractivity contribution < 1.29 is 18.3 Å². The molecule has 4 fully saturated rings. The zero-order chi connectivity index (χ0) is 26.0. The third-order valence-corrected chi connectivity index (χ3v) is 9.23. The van der Waals surface area contributed by atoms with Gasteiger partial charge in [-0.3, -0.25) is 4.90 Å². The molecule has 2 aromatic rings. The largest absolute Gasteiger partial charge is 0.461 e. The molecule has 5 aliphatic heterocycles. The molecule has 0 aliphatic carbocycles. The summed E-state index contributed by atoms with van der Waals surface area (Å²) in [6, 6.07) is 4.64. The molecular formula is C28H36F2N6O2. The predicted octanol–water partition coefficient (Wildman–Crippen LogP) is 3.22. The van der Waals surface area contributed by atoms with E-state index in [4.69, 9.17) is 25.2 Å². The van der Waals surface area contributed by atoms with E-state index in [1.54, 1.807) is 12.1 Å². The molecule has 0 saturated carbocycles.